The van der Waals surface area contributed by atoms with E-state index in [4.69, 9.17) is 11.6 Å². The zero-order chi connectivity index (χ0) is 24.1. The lowest BCUT2D eigenvalue weighted by Crippen LogP contribution is -2.60. The number of aliphatic carboxylic acids is 1. The van der Waals surface area contributed by atoms with Crippen molar-refractivity contribution in [3.8, 4) is 0 Å². The van der Waals surface area contributed by atoms with E-state index in [1.807, 2.05) is 7.05 Å². The van der Waals surface area contributed by atoms with Crippen molar-refractivity contribution in [2.75, 3.05) is 51.2 Å². The van der Waals surface area contributed by atoms with Crippen LogP contribution in [0.5, 0.6) is 0 Å². The monoisotopic (exact) mass is 505 g/mol. The van der Waals surface area contributed by atoms with Crippen LogP contribution in [0.15, 0.2) is 23.1 Å². The third-order valence-corrected chi connectivity index (χ3v) is 9.50. The first kappa shape index (κ1) is 24.2. The zero-order valence-corrected chi connectivity index (χ0v) is 19.7. The first-order valence-electron chi connectivity index (χ1n) is 10.8. The Labute approximate surface area is 196 Å². The number of hydrogen-bond acceptors (Lipinski definition) is 6. The number of carboxylic acids is 1. The van der Waals surface area contributed by atoms with Crippen molar-refractivity contribution >= 4 is 39.0 Å². The lowest BCUT2D eigenvalue weighted by atomic mass is 9.93. The molecule has 0 spiro atoms. The van der Waals surface area contributed by atoms with E-state index in [2.05, 4.69) is 9.80 Å². The van der Waals surface area contributed by atoms with E-state index in [0.29, 0.717) is 0 Å². The molecule has 1 aromatic rings. The second kappa shape index (κ2) is 8.66. The predicted octanol–water partition coefficient (Wildman–Crippen LogP) is 1.82. The average molecular weight is 506 g/mol. The predicted molar refractivity (Wildman–Crippen MR) is 118 cm³/mol. The Morgan fingerprint density at radius 1 is 1.09 bits per heavy atom. The van der Waals surface area contributed by atoms with E-state index < -0.39 is 57.8 Å². The van der Waals surface area contributed by atoms with E-state index in [1.165, 1.54) is 6.07 Å². The molecule has 4 rings (SSSR count). The summed E-state index contributed by atoms with van der Waals surface area (Å²) in [4.78, 5) is 29.5. The molecule has 1 saturated carbocycles. The first-order valence-corrected chi connectivity index (χ1v) is 12.7. The van der Waals surface area contributed by atoms with Gasteiger partial charge in [-0.2, -0.15) is 0 Å². The van der Waals surface area contributed by atoms with Crippen molar-refractivity contribution in [1.82, 2.24) is 9.80 Å². The molecule has 12 heteroatoms. The number of alkyl halides is 2. The molecule has 3 fully saturated rings. The molecule has 182 valence electrons. The fraction of sp³-hybridized carbons (Fsp3) is 0.619. The van der Waals surface area contributed by atoms with Crippen molar-refractivity contribution in [2.45, 2.75) is 28.9 Å². The number of carbonyl (C=O) groups is 2. The van der Waals surface area contributed by atoms with E-state index in [0.717, 1.165) is 36.8 Å². The molecule has 1 amide bonds. The van der Waals surface area contributed by atoms with Gasteiger partial charge in [-0.05, 0) is 38.1 Å². The molecule has 2 heterocycles. The van der Waals surface area contributed by atoms with Crippen molar-refractivity contribution in [3.05, 3.63) is 23.2 Å². The standard InChI is InChI=1S/C21H26ClF2N3O5S/c1-25-4-6-26(7-5-25)13-2-3-18(17(22)8-13)33(31,32)14-9-15(16(10-14)20(29)30)19(28)27-11-21(23,24)12-27/h2-3,8,14-16H,4-7,9-12H2,1H3,(H,29,30)/t14-,15-,16-/m1/s1. The Morgan fingerprint density at radius 2 is 1.70 bits per heavy atom. The number of halogens is 3. The molecule has 1 aromatic carbocycles. The molecule has 2 saturated heterocycles. The van der Waals surface area contributed by atoms with Crippen molar-refractivity contribution < 1.29 is 31.9 Å². The zero-order valence-electron chi connectivity index (χ0n) is 18.1. The Hall–Kier alpha value is -1.98. The van der Waals surface area contributed by atoms with Gasteiger partial charge in [-0.3, -0.25) is 9.59 Å². The number of likely N-dealkylation sites (tertiary alicyclic amines) is 1. The topological polar surface area (TPSA) is 98.2 Å². The fourth-order valence-electron chi connectivity index (χ4n) is 4.85. The quantitative estimate of drug-likeness (QED) is 0.651. The van der Waals surface area contributed by atoms with Crippen molar-refractivity contribution in [2.24, 2.45) is 11.8 Å². The second-order valence-corrected chi connectivity index (χ2v) is 11.7. The number of anilines is 1. The summed E-state index contributed by atoms with van der Waals surface area (Å²) in [5.41, 5.74) is 0.800. The minimum Gasteiger partial charge on any atom is -0.481 e. The maximum Gasteiger partial charge on any atom is 0.307 e. The largest absolute Gasteiger partial charge is 0.481 e. The first-order chi connectivity index (χ1) is 15.4. The number of amides is 1. The lowest BCUT2D eigenvalue weighted by Gasteiger charge is -2.40. The molecule has 8 nitrogen and oxygen atoms in total. The van der Waals surface area contributed by atoms with Crippen LogP contribution < -0.4 is 4.90 Å². The summed E-state index contributed by atoms with van der Waals surface area (Å²) in [6.07, 6.45) is -0.508. The Balaban J connectivity index is 1.53. The van der Waals surface area contributed by atoms with Crippen LogP contribution in [0, 0.1) is 11.8 Å². The minimum atomic E-state index is -4.04. The van der Waals surface area contributed by atoms with Gasteiger partial charge in [-0.25, -0.2) is 17.2 Å². The van der Waals surface area contributed by atoms with E-state index in [1.54, 1.807) is 12.1 Å². The number of likely N-dealkylation sites (N-methyl/N-ethyl adjacent to an activating group) is 1. The second-order valence-electron chi connectivity index (χ2n) is 9.14. The SMILES string of the molecule is CN1CCN(c2ccc(S(=O)(=O)[C@H]3C[C@@H](C(=O)O)[C@H](C(=O)N4CC(F)(F)C4)C3)c(Cl)c2)CC1. The molecule has 33 heavy (non-hydrogen) atoms. The van der Waals surface area contributed by atoms with Gasteiger partial charge in [0.05, 0.1) is 40.1 Å². The molecule has 2 aliphatic heterocycles. The highest BCUT2D eigenvalue weighted by Crippen LogP contribution is 2.42. The van der Waals surface area contributed by atoms with Crippen LogP contribution in [0.4, 0.5) is 14.5 Å². The number of sulfone groups is 1. The summed E-state index contributed by atoms with van der Waals surface area (Å²) in [5.74, 6) is -7.45. The van der Waals surface area contributed by atoms with E-state index >= 15 is 0 Å². The maximum atomic E-state index is 13.3. The van der Waals surface area contributed by atoms with Gasteiger partial charge < -0.3 is 19.8 Å². The summed E-state index contributed by atoms with van der Waals surface area (Å²) in [7, 11) is -2.01. The smallest absolute Gasteiger partial charge is 0.307 e. The molecule has 0 radical (unpaired) electrons. The third-order valence-electron chi connectivity index (χ3n) is 6.84. The van der Waals surface area contributed by atoms with Crippen molar-refractivity contribution in [3.63, 3.8) is 0 Å². The Bertz CT molecular complexity index is 1050. The number of piperazine rings is 1. The van der Waals surface area contributed by atoms with Crippen LogP contribution in [0.25, 0.3) is 0 Å². The molecule has 0 bridgehead atoms. The Kier molecular flexibility index (Phi) is 6.34. The summed E-state index contributed by atoms with van der Waals surface area (Å²) in [6.45, 7) is 1.75. The van der Waals surface area contributed by atoms with Crippen LogP contribution in [0.2, 0.25) is 5.02 Å². The number of hydrogen-bond donors (Lipinski definition) is 1. The summed E-state index contributed by atoms with van der Waals surface area (Å²) >= 11 is 6.36. The van der Waals surface area contributed by atoms with Gasteiger partial charge in [0.2, 0.25) is 5.91 Å². The van der Waals surface area contributed by atoms with Crippen molar-refractivity contribution in [1.29, 1.82) is 0 Å². The van der Waals surface area contributed by atoms with Gasteiger partial charge in [-0.1, -0.05) is 11.6 Å². The lowest BCUT2D eigenvalue weighted by molar-refractivity contribution is -0.172. The summed E-state index contributed by atoms with van der Waals surface area (Å²) in [5, 5.41) is 8.47. The van der Waals surface area contributed by atoms with Crippen LogP contribution >= 0.6 is 11.6 Å². The number of nitrogens with zero attached hydrogens (tertiary/aromatic N) is 3. The van der Waals surface area contributed by atoms with Gasteiger partial charge in [0.25, 0.3) is 5.92 Å². The van der Waals surface area contributed by atoms with Crippen LogP contribution in [-0.2, 0) is 19.4 Å². The highest BCUT2D eigenvalue weighted by Gasteiger charge is 2.53. The maximum absolute atomic E-state index is 13.3. The molecule has 1 aliphatic carbocycles. The molecule has 3 aliphatic rings. The van der Waals surface area contributed by atoms with Gasteiger partial charge >= 0.3 is 5.97 Å². The van der Waals surface area contributed by atoms with Gasteiger partial charge in [0.15, 0.2) is 9.84 Å². The molecule has 0 aromatic heterocycles. The van der Waals surface area contributed by atoms with E-state index in [-0.39, 0.29) is 22.8 Å². The van der Waals surface area contributed by atoms with Gasteiger partial charge in [0.1, 0.15) is 0 Å². The molecule has 1 N–H and O–H groups in total. The van der Waals surface area contributed by atoms with Crippen LogP contribution in [-0.4, -0.2) is 92.7 Å². The highest BCUT2D eigenvalue weighted by atomic mass is 35.5. The molecular formula is C21H26ClF2N3O5S. The average Bonchev–Trinajstić information content (AvgIpc) is 3.18. The highest BCUT2D eigenvalue weighted by molar-refractivity contribution is 7.92. The molecule has 3 atom stereocenters. The molecule has 0 unspecified atom stereocenters. The normalized spacial score (nSPS) is 27.9. The van der Waals surface area contributed by atoms with Gasteiger partial charge in [-0.15, -0.1) is 0 Å². The number of carboxylic acid groups (broad SMARTS) is 1. The van der Waals surface area contributed by atoms with Crippen LogP contribution in [0.1, 0.15) is 12.8 Å². The van der Waals surface area contributed by atoms with Crippen LogP contribution in [0.3, 0.4) is 0 Å². The minimum absolute atomic E-state index is 0.0375. The third kappa shape index (κ3) is 4.67. The molecular weight excluding hydrogens is 480 g/mol. The van der Waals surface area contributed by atoms with Gasteiger partial charge in [0, 0.05) is 31.9 Å². The van der Waals surface area contributed by atoms with E-state index in [9.17, 15) is 31.9 Å². The number of benzene rings is 1. The Morgan fingerprint density at radius 3 is 2.24 bits per heavy atom. The number of carbonyl (C=O) groups excluding carboxylic acids is 1. The number of rotatable bonds is 5. The summed E-state index contributed by atoms with van der Waals surface area (Å²) in [6, 6.07) is 4.69. The fourth-order valence-corrected chi connectivity index (χ4v) is 7.22. The summed E-state index contributed by atoms with van der Waals surface area (Å²) < 4.78 is 53.0.